The molecule has 4 rings (SSSR count). The van der Waals surface area contributed by atoms with Gasteiger partial charge in [-0.2, -0.15) is 5.10 Å². The average molecular weight is 414 g/mol. The smallest absolute Gasteiger partial charge is 0.224 e. The van der Waals surface area contributed by atoms with Crippen LogP contribution in [0.3, 0.4) is 0 Å². The van der Waals surface area contributed by atoms with Crippen LogP contribution in [0.4, 0.5) is 0 Å². The predicted octanol–water partition coefficient (Wildman–Crippen LogP) is 4.84. The molecule has 0 atom stereocenters. The fourth-order valence-corrected chi connectivity index (χ4v) is 3.83. The van der Waals surface area contributed by atoms with Crippen molar-refractivity contribution in [1.29, 1.82) is 0 Å². The molecule has 31 heavy (non-hydrogen) atoms. The topological polar surface area (TPSA) is 67.0 Å². The van der Waals surface area contributed by atoms with E-state index in [9.17, 15) is 4.79 Å². The minimum Gasteiger partial charge on any atom is -0.497 e. The molecule has 0 radical (unpaired) electrons. The molecule has 4 aromatic rings. The zero-order valence-electron chi connectivity index (χ0n) is 17.9. The van der Waals surface area contributed by atoms with Crippen LogP contribution < -0.4 is 10.1 Å². The Balaban J connectivity index is 1.26. The van der Waals surface area contributed by atoms with Crippen molar-refractivity contribution in [2.24, 2.45) is 0 Å². The van der Waals surface area contributed by atoms with Crippen LogP contribution in [-0.2, 0) is 17.6 Å². The Morgan fingerprint density at radius 3 is 2.48 bits per heavy atom. The van der Waals surface area contributed by atoms with Gasteiger partial charge in [0.1, 0.15) is 5.75 Å². The summed E-state index contributed by atoms with van der Waals surface area (Å²) in [6, 6.07) is 20.5. The van der Waals surface area contributed by atoms with Gasteiger partial charge in [0.2, 0.25) is 5.91 Å². The molecule has 5 nitrogen and oxygen atoms in total. The third-order valence-corrected chi connectivity index (χ3v) is 5.65. The van der Waals surface area contributed by atoms with E-state index in [1.165, 1.54) is 22.3 Å². The minimum absolute atomic E-state index is 0.0469. The van der Waals surface area contributed by atoms with Crippen LogP contribution in [0.15, 0.2) is 66.9 Å². The highest BCUT2D eigenvalue weighted by atomic mass is 16.5. The molecule has 2 N–H and O–H groups in total. The lowest BCUT2D eigenvalue weighted by atomic mass is 9.96. The zero-order chi connectivity index (χ0) is 21.6. The molecule has 0 aliphatic carbocycles. The summed E-state index contributed by atoms with van der Waals surface area (Å²) >= 11 is 0. The van der Waals surface area contributed by atoms with Gasteiger partial charge in [0.25, 0.3) is 0 Å². The van der Waals surface area contributed by atoms with Gasteiger partial charge in [-0.1, -0.05) is 42.5 Å². The quantitative estimate of drug-likeness (QED) is 0.406. The van der Waals surface area contributed by atoms with Crippen molar-refractivity contribution >= 4 is 16.8 Å². The number of aryl methyl sites for hydroxylation is 2. The number of carbonyl (C=O) groups excluding carboxylic acids is 1. The maximum atomic E-state index is 12.1. The van der Waals surface area contributed by atoms with Crippen LogP contribution in [0, 0.1) is 6.92 Å². The lowest BCUT2D eigenvalue weighted by molar-refractivity contribution is -0.120. The minimum atomic E-state index is 0.0469. The number of nitrogens with zero attached hydrogens (tertiary/aromatic N) is 1. The summed E-state index contributed by atoms with van der Waals surface area (Å²) in [5, 5.41) is 11.3. The first-order valence-corrected chi connectivity index (χ1v) is 10.6. The molecule has 1 heterocycles. The fraction of sp³-hybridized carbons (Fsp3) is 0.231. The zero-order valence-corrected chi connectivity index (χ0v) is 17.9. The van der Waals surface area contributed by atoms with Gasteiger partial charge in [0.15, 0.2) is 0 Å². The predicted molar refractivity (Wildman–Crippen MR) is 124 cm³/mol. The number of ether oxygens (including phenoxy) is 1. The SMILES string of the molecule is COc1ccc(CC(=O)NCCCc2ccc(-c3ccc4[nH]ncc4c3C)cc2)cc1. The van der Waals surface area contributed by atoms with Crippen molar-refractivity contribution in [2.45, 2.75) is 26.2 Å². The van der Waals surface area contributed by atoms with Gasteiger partial charge in [-0.05, 0) is 65.8 Å². The number of carbonyl (C=O) groups is 1. The van der Waals surface area contributed by atoms with E-state index in [1.54, 1.807) is 7.11 Å². The second-order valence-corrected chi connectivity index (χ2v) is 7.74. The lowest BCUT2D eigenvalue weighted by Gasteiger charge is -2.09. The Morgan fingerprint density at radius 1 is 1.00 bits per heavy atom. The number of rotatable bonds is 8. The molecule has 0 aliphatic rings. The van der Waals surface area contributed by atoms with E-state index in [0.29, 0.717) is 13.0 Å². The fourth-order valence-electron chi connectivity index (χ4n) is 3.83. The number of amides is 1. The van der Waals surface area contributed by atoms with Gasteiger partial charge in [0, 0.05) is 11.9 Å². The molecule has 0 saturated carbocycles. The summed E-state index contributed by atoms with van der Waals surface area (Å²) in [5.74, 6) is 0.845. The van der Waals surface area contributed by atoms with Gasteiger partial charge < -0.3 is 10.1 Å². The van der Waals surface area contributed by atoms with Gasteiger partial charge in [-0.25, -0.2) is 0 Å². The molecule has 0 fully saturated rings. The average Bonchev–Trinajstić information content (AvgIpc) is 3.28. The van der Waals surface area contributed by atoms with E-state index >= 15 is 0 Å². The second kappa shape index (κ2) is 9.47. The van der Waals surface area contributed by atoms with Crippen LogP contribution in [0.1, 0.15) is 23.1 Å². The van der Waals surface area contributed by atoms with Crippen LogP contribution in [0.2, 0.25) is 0 Å². The highest BCUT2D eigenvalue weighted by Gasteiger charge is 2.08. The largest absolute Gasteiger partial charge is 0.497 e. The third-order valence-electron chi connectivity index (χ3n) is 5.65. The Bertz CT molecular complexity index is 1160. The van der Waals surface area contributed by atoms with Crippen molar-refractivity contribution in [2.75, 3.05) is 13.7 Å². The number of benzene rings is 3. The van der Waals surface area contributed by atoms with Gasteiger partial charge >= 0.3 is 0 Å². The molecular formula is C26H27N3O2. The number of hydrogen-bond donors (Lipinski definition) is 2. The van der Waals surface area contributed by atoms with Crippen molar-refractivity contribution in [1.82, 2.24) is 15.5 Å². The van der Waals surface area contributed by atoms with Crippen LogP contribution in [0.5, 0.6) is 5.75 Å². The highest BCUT2D eigenvalue weighted by molar-refractivity contribution is 5.88. The summed E-state index contributed by atoms with van der Waals surface area (Å²) < 4.78 is 5.14. The van der Waals surface area contributed by atoms with Gasteiger partial charge in [-0.15, -0.1) is 0 Å². The monoisotopic (exact) mass is 413 g/mol. The summed E-state index contributed by atoms with van der Waals surface area (Å²) in [6.07, 6.45) is 4.11. The van der Waals surface area contributed by atoms with E-state index in [2.05, 4.69) is 58.8 Å². The number of nitrogens with one attached hydrogen (secondary N) is 2. The van der Waals surface area contributed by atoms with Crippen molar-refractivity contribution in [3.8, 4) is 16.9 Å². The molecule has 5 heteroatoms. The van der Waals surface area contributed by atoms with E-state index < -0.39 is 0 Å². The number of aromatic amines is 1. The van der Waals surface area contributed by atoms with Crippen LogP contribution >= 0.6 is 0 Å². The first kappa shape index (κ1) is 20.7. The lowest BCUT2D eigenvalue weighted by Crippen LogP contribution is -2.26. The van der Waals surface area contributed by atoms with E-state index in [1.807, 2.05) is 30.5 Å². The Labute approximate surface area is 182 Å². The van der Waals surface area contributed by atoms with E-state index in [0.717, 1.165) is 35.1 Å². The molecule has 0 spiro atoms. The third kappa shape index (κ3) is 4.94. The Morgan fingerprint density at radius 2 is 1.74 bits per heavy atom. The number of methoxy groups -OCH3 is 1. The molecular weight excluding hydrogens is 386 g/mol. The standard InChI is InChI=1S/C26H27N3O2/c1-18-23(13-14-25-24(18)17-28-29-25)21-9-5-19(6-10-21)4-3-15-27-26(30)16-20-7-11-22(31-2)12-8-20/h5-14,17H,3-4,15-16H2,1-2H3,(H,27,30)(H,28,29). The first-order chi connectivity index (χ1) is 15.1. The normalized spacial score (nSPS) is 10.9. The Hall–Kier alpha value is -3.60. The van der Waals surface area contributed by atoms with Crippen LogP contribution in [0.25, 0.3) is 22.0 Å². The molecule has 0 unspecified atom stereocenters. The molecule has 158 valence electrons. The highest BCUT2D eigenvalue weighted by Crippen LogP contribution is 2.29. The summed E-state index contributed by atoms with van der Waals surface area (Å²) in [4.78, 5) is 12.1. The maximum absolute atomic E-state index is 12.1. The van der Waals surface area contributed by atoms with E-state index in [-0.39, 0.29) is 5.91 Å². The second-order valence-electron chi connectivity index (χ2n) is 7.74. The van der Waals surface area contributed by atoms with Gasteiger partial charge in [-0.3, -0.25) is 9.89 Å². The van der Waals surface area contributed by atoms with Crippen molar-refractivity contribution < 1.29 is 9.53 Å². The number of fused-ring (bicyclic) bond motifs is 1. The molecule has 0 saturated heterocycles. The molecule has 1 amide bonds. The number of aromatic nitrogens is 2. The first-order valence-electron chi connectivity index (χ1n) is 10.6. The van der Waals surface area contributed by atoms with E-state index in [4.69, 9.17) is 4.74 Å². The van der Waals surface area contributed by atoms with Gasteiger partial charge in [0.05, 0.1) is 25.2 Å². The molecule has 3 aromatic carbocycles. The summed E-state index contributed by atoms with van der Waals surface area (Å²) in [7, 11) is 1.64. The molecule has 0 bridgehead atoms. The molecule has 0 aliphatic heterocycles. The number of H-pyrrole nitrogens is 1. The van der Waals surface area contributed by atoms with Crippen molar-refractivity contribution in [3.63, 3.8) is 0 Å². The molecule has 1 aromatic heterocycles. The summed E-state index contributed by atoms with van der Waals surface area (Å²) in [5.41, 5.74) is 6.99. The Kier molecular flexibility index (Phi) is 6.32. The number of hydrogen-bond acceptors (Lipinski definition) is 3. The van der Waals surface area contributed by atoms with Crippen LogP contribution in [-0.4, -0.2) is 29.8 Å². The summed E-state index contributed by atoms with van der Waals surface area (Å²) in [6.45, 7) is 2.81. The maximum Gasteiger partial charge on any atom is 0.224 e. The van der Waals surface area contributed by atoms with Crippen molar-refractivity contribution in [3.05, 3.63) is 83.6 Å².